The molecule has 2 aromatic rings. The van der Waals surface area contributed by atoms with Crippen LogP contribution in [0.4, 0.5) is 0 Å². The Morgan fingerprint density at radius 2 is 1.60 bits per heavy atom. The molecule has 0 aliphatic rings. The Kier molecular flexibility index (Phi) is 3.75. The van der Waals surface area contributed by atoms with Gasteiger partial charge in [0.25, 0.3) is 0 Å². The maximum atomic E-state index is 11.9. The zero-order chi connectivity index (χ0) is 14.7. The van der Waals surface area contributed by atoms with E-state index in [1.807, 2.05) is 31.2 Å². The monoisotopic (exact) mass is 270 g/mol. The number of phenolic OH excluding ortho intramolecular Hbond substituents is 3. The Hall–Kier alpha value is -2.75. The topological polar surface area (TPSA) is 77.8 Å². The van der Waals surface area contributed by atoms with Gasteiger partial charge in [0.1, 0.15) is 0 Å². The molecule has 0 aromatic heterocycles. The Labute approximate surface area is 116 Å². The number of rotatable bonds is 3. The summed E-state index contributed by atoms with van der Waals surface area (Å²) in [7, 11) is 0. The van der Waals surface area contributed by atoms with Crippen LogP contribution in [0.15, 0.2) is 42.5 Å². The third-order valence-corrected chi connectivity index (χ3v) is 2.90. The summed E-state index contributed by atoms with van der Waals surface area (Å²) in [6, 6.07) is 10.00. The number of carbonyl (C=O) groups excluding carboxylic acids is 1. The number of allylic oxidation sites excluding steroid dienone is 1. The highest BCUT2D eigenvalue weighted by atomic mass is 16.3. The van der Waals surface area contributed by atoms with Crippen LogP contribution in [0.25, 0.3) is 6.08 Å². The van der Waals surface area contributed by atoms with E-state index in [4.69, 9.17) is 0 Å². The minimum atomic E-state index is -0.695. The predicted octanol–water partition coefficient (Wildman–Crippen LogP) is 3.01. The van der Waals surface area contributed by atoms with Crippen LogP contribution in [0.2, 0.25) is 0 Å². The molecule has 102 valence electrons. The van der Waals surface area contributed by atoms with Gasteiger partial charge in [-0.3, -0.25) is 4.79 Å². The summed E-state index contributed by atoms with van der Waals surface area (Å²) in [5.41, 5.74) is 1.91. The Bertz CT molecular complexity index is 670. The lowest BCUT2D eigenvalue weighted by molar-refractivity contribution is 0.104. The van der Waals surface area contributed by atoms with Crippen molar-refractivity contribution < 1.29 is 20.1 Å². The van der Waals surface area contributed by atoms with Gasteiger partial charge in [0.15, 0.2) is 17.3 Å². The minimum absolute atomic E-state index is 0.0661. The smallest absolute Gasteiger partial charge is 0.201 e. The van der Waals surface area contributed by atoms with Crippen LogP contribution in [-0.2, 0) is 0 Å². The van der Waals surface area contributed by atoms with Gasteiger partial charge in [-0.1, -0.05) is 35.9 Å². The predicted molar refractivity (Wildman–Crippen MR) is 76.0 cm³/mol. The number of hydrogen-bond acceptors (Lipinski definition) is 4. The van der Waals surface area contributed by atoms with Crippen molar-refractivity contribution in [2.75, 3.05) is 0 Å². The third kappa shape index (κ3) is 2.80. The number of phenols is 3. The largest absolute Gasteiger partial charge is 0.504 e. The van der Waals surface area contributed by atoms with Gasteiger partial charge in [-0.05, 0) is 30.7 Å². The van der Waals surface area contributed by atoms with E-state index in [9.17, 15) is 20.1 Å². The molecule has 0 saturated carbocycles. The van der Waals surface area contributed by atoms with Crippen molar-refractivity contribution in [3.05, 3.63) is 59.2 Å². The van der Waals surface area contributed by atoms with Gasteiger partial charge in [-0.25, -0.2) is 0 Å². The van der Waals surface area contributed by atoms with Crippen molar-refractivity contribution in [2.24, 2.45) is 0 Å². The summed E-state index contributed by atoms with van der Waals surface area (Å²) in [6.45, 7) is 1.97. The van der Waals surface area contributed by atoms with Crippen LogP contribution >= 0.6 is 0 Å². The summed E-state index contributed by atoms with van der Waals surface area (Å²) in [4.78, 5) is 11.9. The number of carbonyl (C=O) groups is 1. The maximum Gasteiger partial charge on any atom is 0.201 e. The zero-order valence-electron chi connectivity index (χ0n) is 10.9. The number of aromatic hydroxyl groups is 3. The van der Waals surface area contributed by atoms with Gasteiger partial charge in [0.2, 0.25) is 5.75 Å². The molecule has 2 rings (SSSR count). The third-order valence-electron chi connectivity index (χ3n) is 2.90. The molecule has 0 fully saturated rings. The van der Waals surface area contributed by atoms with Crippen LogP contribution in [0.1, 0.15) is 21.5 Å². The second-order valence-electron chi connectivity index (χ2n) is 4.44. The van der Waals surface area contributed by atoms with Gasteiger partial charge < -0.3 is 15.3 Å². The minimum Gasteiger partial charge on any atom is -0.504 e. The molecule has 0 unspecified atom stereocenters. The van der Waals surface area contributed by atoms with E-state index >= 15 is 0 Å². The molecule has 0 bridgehead atoms. The van der Waals surface area contributed by atoms with Crippen LogP contribution < -0.4 is 0 Å². The van der Waals surface area contributed by atoms with E-state index in [2.05, 4.69) is 0 Å². The summed E-state index contributed by atoms with van der Waals surface area (Å²) < 4.78 is 0. The van der Waals surface area contributed by atoms with E-state index in [-0.39, 0.29) is 5.56 Å². The average molecular weight is 270 g/mol. The molecule has 0 aliphatic heterocycles. The van der Waals surface area contributed by atoms with Gasteiger partial charge in [0.05, 0.1) is 5.56 Å². The number of aryl methyl sites for hydroxylation is 1. The molecule has 20 heavy (non-hydrogen) atoms. The first kappa shape index (κ1) is 13.7. The quantitative estimate of drug-likeness (QED) is 0.455. The van der Waals surface area contributed by atoms with Gasteiger partial charge in [0, 0.05) is 0 Å². The fourth-order valence-electron chi connectivity index (χ4n) is 1.71. The first-order valence-electron chi connectivity index (χ1n) is 6.02. The second-order valence-corrected chi connectivity index (χ2v) is 4.44. The fraction of sp³-hybridized carbons (Fsp3) is 0.0625. The van der Waals surface area contributed by atoms with Gasteiger partial charge >= 0.3 is 0 Å². The van der Waals surface area contributed by atoms with E-state index < -0.39 is 23.0 Å². The lowest BCUT2D eigenvalue weighted by Gasteiger charge is -2.04. The first-order chi connectivity index (χ1) is 9.49. The van der Waals surface area contributed by atoms with Crippen LogP contribution in [0.5, 0.6) is 17.2 Å². The summed E-state index contributed by atoms with van der Waals surface area (Å²) in [5, 5.41) is 28.2. The second kappa shape index (κ2) is 5.48. The molecule has 2 aromatic carbocycles. The normalized spacial score (nSPS) is 10.8. The molecule has 0 radical (unpaired) electrons. The lowest BCUT2D eigenvalue weighted by Crippen LogP contribution is -1.95. The van der Waals surface area contributed by atoms with E-state index in [1.165, 1.54) is 12.1 Å². The average Bonchev–Trinajstić information content (AvgIpc) is 2.44. The number of benzene rings is 2. The van der Waals surface area contributed by atoms with Crippen molar-refractivity contribution >= 4 is 11.9 Å². The van der Waals surface area contributed by atoms with Gasteiger partial charge in [-0.15, -0.1) is 0 Å². The molecule has 4 nitrogen and oxygen atoms in total. The SMILES string of the molecule is Cc1ccc(/C=C/C(=O)c2ccc(O)c(O)c2O)cc1. The van der Waals surface area contributed by atoms with E-state index in [0.29, 0.717) is 0 Å². The molecule has 0 heterocycles. The molecular weight excluding hydrogens is 256 g/mol. The van der Waals surface area contributed by atoms with Crippen molar-refractivity contribution in [1.82, 2.24) is 0 Å². The summed E-state index contributed by atoms with van der Waals surface area (Å²) in [6.07, 6.45) is 2.92. The Balaban J connectivity index is 2.24. The van der Waals surface area contributed by atoms with Crippen molar-refractivity contribution in [1.29, 1.82) is 0 Å². The summed E-state index contributed by atoms with van der Waals surface area (Å²) >= 11 is 0. The van der Waals surface area contributed by atoms with E-state index in [0.717, 1.165) is 17.2 Å². The lowest BCUT2D eigenvalue weighted by atomic mass is 10.1. The van der Waals surface area contributed by atoms with Crippen molar-refractivity contribution in [3.63, 3.8) is 0 Å². The van der Waals surface area contributed by atoms with Crippen LogP contribution in [0.3, 0.4) is 0 Å². The molecule has 0 amide bonds. The number of ketones is 1. The van der Waals surface area contributed by atoms with Crippen LogP contribution in [0, 0.1) is 6.92 Å². The highest BCUT2D eigenvalue weighted by Gasteiger charge is 2.15. The molecule has 0 aliphatic carbocycles. The fourth-order valence-corrected chi connectivity index (χ4v) is 1.71. The maximum absolute atomic E-state index is 11.9. The summed E-state index contributed by atoms with van der Waals surface area (Å²) in [5.74, 6) is -2.25. The standard InChI is InChI=1S/C16H14O4/c1-10-2-4-11(5-3-10)6-8-13(17)12-7-9-14(18)16(20)15(12)19/h2-9,18-20H,1H3/b8-6+. The van der Waals surface area contributed by atoms with Crippen molar-refractivity contribution in [2.45, 2.75) is 6.92 Å². The van der Waals surface area contributed by atoms with Crippen molar-refractivity contribution in [3.8, 4) is 17.2 Å². The number of hydrogen-bond donors (Lipinski definition) is 3. The Morgan fingerprint density at radius 1 is 0.950 bits per heavy atom. The molecule has 3 N–H and O–H groups in total. The molecule has 0 spiro atoms. The highest BCUT2D eigenvalue weighted by Crippen LogP contribution is 2.37. The van der Waals surface area contributed by atoms with Crippen LogP contribution in [-0.4, -0.2) is 21.1 Å². The first-order valence-corrected chi connectivity index (χ1v) is 6.02. The molecular formula is C16H14O4. The molecule has 4 heteroatoms. The molecule has 0 atom stereocenters. The highest BCUT2D eigenvalue weighted by molar-refractivity contribution is 6.09. The van der Waals surface area contributed by atoms with Gasteiger partial charge in [-0.2, -0.15) is 0 Å². The van der Waals surface area contributed by atoms with E-state index in [1.54, 1.807) is 6.08 Å². The molecule has 0 saturated heterocycles. The zero-order valence-corrected chi connectivity index (χ0v) is 10.9. The Morgan fingerprint density at radius 3 is 2.25 bits per heavy atom.